The summed E-state index contributed by atoms with van der Waals surface area (Å²) in [5.74, 6) is 1.08. The van der Waals surface area contributed by atoms with Crippen molar-refractivity contribution in [3.05, 3.63) is 63.8 Å². The fourth-order valence-corrected chi connectivity index (χ4v) is 4.36. The van der Waals surface area contributed by atoms with Crippen LogP contribution in [-0.2, 0) is 0 Å². The normalized spacial score (nSPS) is 14.4. The average Bonchev–Trinajstić information content (AvgIpc) is 3.48. The number of imidazole rings is 1. The highest BCUT2D eigenvalue weighted by Crippen LogP contribution is 2.31. The molecule has 1 fully saturated rings. The molecule has 0 spiro atoms. The number of rotatable bonds is 4. The van der Waals surface area contributed by atoms with Crippen molar-refractivity contribution in [2.75, 3.05) is 5.32 Å². The summed E-state index contributed by atoms with van der Waals surface area (Å²) in [6.45, 7) is 3.78. The van der Waals surface area contributed by atoms with Crippen molar-refractivity contribution < 1.29 is 4.79 Å². The van der Waals surface area contributed by atoms with Crippen molar-refractivity contribution in [3.63, 3.8) is 0 Å². The molecule has 0 bridgehead atoms. The molecule has 158 valence electrons. The Kier molecular flexibility index (Phi) is 4.69. The van der Waals surface area contributed by atoms with Gasteiger partial charge in [-0.25, -0.2) is 9.78 Å². The van der Waals surface area contributed by atoms with Crippen molar-refractivity contribution in [1.82, 2.24) is 24.7 Å². The first-order chi connectivity index (χ1) is 15.0. The zero-order valence-corrected chi connectivity index (χ0v) is 17.5. The van der Waals surface area contributed by atoms with Crippen molar-refractivity contribution in [3.8, 4) is 11.4 Å². The second-order valence-electron chi connectivity index (χ2n) is 8.20. The summed E-state index contributed by atoms with van der Waals surface area (Å²) in [5, 5.41) is 10.00. The predicted molar refractivity (Wildman–Crippen MR) is 119 cm³/mol. The van der Waals surface area contributed by atoms with Crippen molar-refractivity contribution in [1.29, 1.82) is 0 Å². The molecule has 3 N–H and O–H groups in total. The van der Waals surface area contributed by atoms with E-state index in [0.29, 0.717) is 22.6 Å². The molecular weight excluding hydrogens is 392 g/mol. The van der Waals surface area contributed by atoms with Crippen molar-refractivity contribution in [2.24, 2.45) is 0 Å². The molecule has 31 heavy (non-hydrogen) atoms. The molecule has 1 aliphatic carbocycles. The minimum atomic E-state index is -0.234. The van der Waals surface area contributed by atoms with Gasteiger partial charge in [-0.1, -0.05) is 25.0 Å². The van der Waals surface area contributed by atoms with E-state index in [0.717, 1.165) is 48.2 Å². The first kappa shape index (κ1) is 19.3. The third-order valence-corrected chi connectivity index (χ3v) is 6.01. The summed E-state index contributed by atoms with van der Waals surface area (Å²) >= 11 is 0. The molecule has 2 heterocycles. The first-order valence-corrected chi connectivity index (χ1v) is 10.6. The van der Waals surface area contributed by atoms with Crippen LogP contribution >= 0.6 is 0 Å². The fourth-order valence-electron chi connectivity index (χ4n) is 4.36. The Morgan fingerprint density at radius 1 is 1.13 bits per heavy atom. The quantitative estimate of drug-likeness (QED) is 0.465. The number of fused-ring (bicyclic) bond motifs is 1. The molecular formula is C23H24N6O2. The largest absolute Gasteiger partial charge is 0.326 e. The van der Waals surface area contributed by atoms with E-state index in [-0.39, 0.29) is 17.6 Å². The molecule has 2 aromatic heterocycles. The molecule has 1 amide bonds. The highest BCUT2D eigenvalue weighted by Gasteiger charge is 2.21. The number of benzene rings is 2. The molecule has 4 aromatic rings. The van der Waals surface area contributed by atoms with Crippen LogP contribution in [0.2, 0.25) is 0 Å². The van der Waals surface area contributed by atoms with Crippen LogP contribution in [0.15, 0.2) is 41.2 Å². The van der Waals surface area contributed by atoms with Crippen molar-refractivity contribution in [2.45, 2.75) is 45.6 Å². The monoisotopic (exact) mass is 416 g/mol. The molecule has 2 aromatic carbocycles. The smallest absolute Gasteiger partial charge is 0.322 e. The molecule has 0 radical (unpaired) electrons. The second-order valence-corrected chi connectivity index (χ2v) is 8.20. The first-order valence-electron chi connectivity index (χ1n) is 10.6. The third-order valence-electron chi connectivity index (χ3n) is 6.01. The summed E-state index contributed by atoms with van der Waals surface area (Å²) in [6.07, 6.45) is 4.34. The SMILES string of the molecule is Cc1nc(-c2ccc(C)c(NC(=O)c3ccc4c(c3)[nH]c(=O)n4C3CCCC3)c2)n[nH]1. The predicted octanol–water partition coefficient (Wildman–Crippen LogP) is 4.10. The lowest BCUT2D eigenvalue weighted by Crippen LogP contribution is -2.20. The average molecular weight is 416 g/mol. The maximum absolute atomic E-state index is 13.0. The van der Waals surface area contributed by atoms with Gasteiger partial charge in [0, 0.05) is 22.9 Å². The van der Waals surface area contributed by atoms with E-state index >= 15 is 0 Å². The van der Waals surface area contributed by atoms with Gasteiger partial charge in [0.05, 0.1) is 11.0 Å². The number of carbonyl (C=O) groups is 1. The maximum Gasteiger partial charge on any atom is 0.326 e. The van der Waals surface area contributed by atoms with Crippen LogP contribution < -0.4 is 11.0 Å². The molecule has 0 unspecified atom stereocenters. The van der Waals surface area contributed by atoms with Gasteiger partial charge in [-0.05, 0) is 56.5 Å². The Morgan fingerprint density at radius 2 is 1.94 bits per heavy atom. The molecule has 1 saturated carbocycles. The van der Waals surface area contributed by atoms with Crippen LogP contribution in [-0.4, -0.2) is 30.6 Å². The molecule has 8 heteroatoms. The number of aryl methyl sites for hydroxylation is 2. The van der Waals surface area contributed by atoms with Gasteiger partial charge < -0.3 is 10.3 Å². The van der Waals surface area contributed by atoms with E-state index in [2.05, 4.69) is 25.5 Å². The van der Waals surface area contributed by atoms with E-state index in [1.54, 1.807) is 12.1 Å². The highest BCUT2D eigenvalue weighted by molar-refractivity contribution is 6.06. The van der Waals surface area contributed by atoms with Gasteiger partial charge in [0.2, 0.25) is 0 Å². The summed E-state index contributed by atoms with van der Waals surface area (Å²) in [6, 6.07) is 11.3. The van der Waals surface area contributed by atoms with E-state index in [1.165, 1.54) is 0 Å². The lowest BCUT2D eigenvalue weighted by molar-refractivity contribution is 0.102. The standard InChI is InChI=1S/C23H24N6O2/c1-13-7-8-15(21-24-14(2)27-28-21)11-18(13)25-22(30)16-9-10-20-19(12-16)26-23(31)29(20)17-5-3-4-6-17/h7-12,17H,3-6H2,1-2H3,(H,25,30)(H,26,31)(H,24,27,28). The number of amides is 1. The van der Waals surface area contributed by atoms with Crippen LogP contribution in [0.5, 0.6) is 0 Å². The molecule has 0 atom stereocenters. The Labute approximate surface area is 178 Å². The zero-order chi connectivity index (χ0) is 21.5. The number of aromatic amines is 2. The van der Waals surface area contributed by atoms with E-state index in [4.69, 9.17) is 0 Å². The van der Waals surface area contributed by atoms with Gasteiger partial charge in [-0.15, -0.1) is 0 Å². The van der Waals surface area contributed by atoms with Crippen LogP contribution in [0.3, 0.4) is 0 Å². The van der Waals surface area contributed by atoms with E-state index in [1.807, 2.05) is 42.7 Å². The van der Waals surface area contributed by atoms with E-state index in [9.17, 15) is 9.59 Å². The lowest BCUT2D eigenvalue weighted by Gasteiger charge is -2.12. The minimum Gasteiger partial charge on any atom is -0.322 e. The van der Waals surface area contributed by atoms with Gasteiger partial charge in [0.25, 0.3) is 5.91 Å². The summed E-state index contributed by atoms with van der Waals surface area (Å²) in [5.41, 5.74) is 4.38. The van der Waals surface area contributed by atoms with Crippen LogP contribution in [0.1, 0.15) is 53.5 Å². The van der Waals surface area contributed by atoms with Gasteiger partial charge in [0.15, 0.2) is 5.82 Å². The number of carbonyl (C=O) groups excluding carboxylic acids is 1. The third kappa shape index (κ3) is 3.54. The number of aromatic nitrogens is 5. The van der Waals surface area contributed by atoms with Crippen LogP contribution in [0.4, 0.5) is 5.69 Å². The van der Waals surface area contributed by atoms with Crippen LogP contribution in [0.25, 0.3) is 22.4 Å². The number of nitrogens with one attached hydrogen (secondary N) is 3. The Morgan fingerprint density at radius 3 is 2.68 bits per heavy atom. The topological polar surface area (TPSA) is 108 Å². The Balaban J connectivity index is 1.43. The molecule has 1 aliphatic rings. The van der Waals surface area contributed by atoms with Gasteiger partial charge in [-0.3, -0.25) is 14.5 Å². The van der Waals surface area contributed by atoms with Gasteiger partial charge in [0.1, 0.15) is 5.82 Å². The molecule has 0 aliphatic heterocycles. The highest BCUT2D eigenvalue weighted by atomic mass is 16.2. The minimum absolute atomic E-state index is 0.107. The summed E-state index contributed by atoms with van der Waals surface area (Å²) < 4.78 is 1.84. The van der Waals surface area contributed by atoms with Gasteiger partial charge >= 0.3 is 5.69 Å². The Bertz CT molecular complexity index is 1340. The summed E-state index contributed by atoms with van der Waals surface area (Å²) in [7, 11) is 0. The number of nitrogens with zero attached hydrogens (tertiary/aromatic N) is 3. The molecule has 0 saturated heterocycles. The van der Waals surface area contributed by atoms with Crippen molar-refractivity contribution >= 4 is 22.6 Å². The number of hydrogen-bond donors (Lipinski definition) is 3. The van der Waals surface area contributed by atoms with Crippen LogP contribution in [0, 0.1) is 13.8 Å². The molecule has 8 nitrogen and oxygen atoms in total. The zero-order valence-electron chi connectivity index (χ0n) is 17.5. The lowest BCUT2D eigenvalue weighted by atomic mass is 10.1. The Hall–Kier alpha value is -3.68. The summed E-state index contributed by atoms with van der Waals surface area (Å²) in [4.78, 5) is 32.7. The number of hydrogen-bond acceptors (Lipinski definition) is 4. The maximum atomic E-state index is 13.0. The number of anilines is 1. The van der Waals surface area contributed by atoms with E-state index < -0.39 is 0 Å². The molecule has 5 rings (SSSR count). The fraction of sp³-hybridized carbons (Fsp3) is 0.304. The van der Waals surface area contributed by atoms with Gasteiger partial charge in [-0.2, -0.15) is 5.10 Å². The second kappa shape index (κ2) is 7.54. The number of H-pyrrole nitrogens is 2.